The molecule has 0 N–H and O–H groups in total. The van der Waals surface area contributed by atoms with Crippen LogP contribution in [0.2, 0.25) is 0 Å². The molecule has 2 saturated carbocycles. The van der Waals surface area contributed by atoms with E-state index in [9.17, 15) is 9.59 Å². The average molecular weight is 434 g/mol. The zero-order valence-corrected chi connectivity index (χ0v) is 18.5. The first-order chi connectivity index (χ1) is 15.8. The second-order valence-corrected chi connectivity index (χ2v) is 9.42. The van der Waals surface area contributed by atoms with Crippen molar-refractivity contribution in [3.63, 3.8) is 0 Å². The molecule has 7 heteroatoms. The summed E-state index contributed by atoms with van der Waals surface area (Å²) < 4.78 is 4.15. The summed E-state index contributed by atoms with van der Waals surface area (Å²) in [6.07, 6.45) is 20.2. The molecule has 3 aromatic rings. The molecule has 0 saturated heterocycles. The summed E-state index contributed by atoms with van der Waals surface area (Å²) >= 11 is 0. The molecule has 3 heterocycles. The maximum atomic E-state index is 11.4. The van der Waals surface area contributed by atoms with Gasteiger partial charge in [-0.1, -0.05) is 25.7 Å². The van der Waals surface area contributed by atoms with Crippen molar-refractivity contribution in [2.45, 2.75) is 76.3 Å². The number of aldehydes is 2. The molecule has 5 rings (SSSR count). The minimum atomic E-state index is 0.116. The van der Waals surface area contributed by atoms with Gasteiger partial charge in [0.15, 0.2) is 0 Å². The summed E-state index contributed by atoms with van der Waals surface area (Å²) in [5, 5.41) is 5.62. The maximum absolute atomic E-state index is 11.4. The molecule has 32 heavy (non-hydrogen) atoms. The Bertz CT molecular complexity index is 1080. The molecule has 168 valence electrons. The van der Waals surface area contributed by atoms with Gasteiger partial charge in [0.2, 0.25) is 0 Å². The highest BCUT2D eigenvalue weighted by molar-refractivity contribution is 5.90. The summed E-state index contributed by atoms with van der Waals surface area (Å²) in [5.41, 5.74) is 2.67. The van der Waals surface area contributed by atoms with E-state index in [0.717, 1.165) is 47.7 Å². The molecule has 2 aliphatic carbocycles. The topological polar surface area (TPSA) is 82.7 Å². The van der Waals surface area contributed by atoms with Gasteiger partial charge in [0.05, 0.1) is 17.9 Å². The molecule has 3 aromatic heterocycles. The van der Waals surface area contributed by atoms with Crippen molar-refractivity contribution < 1.29 is 9.59 Å². The number of aromatic nitrogens is 5. The van der Waals surface area contributed by atoms with Gasteiger partial charge in [-0.05, 0) is 43.6 Å². The number of hydrogen-bond acceptors (Lipinski definition) is 5. The SMILES string of the molecule is O=CCC(C1CCCC1)n1cc(-c2ncnc3c2ccn3C(CC=O)C2CCCC2)cn1. The van der Waals surface area contributed by atoms with E-state index in [1.807, 2.05) is 17.1 Å². The smallest absolute Gasteiger partial charge is 0.144 e. The minimum Gasteiger partial charge on any atom is -0.329 e. The average Bonchev–Trinajstić information content (AvgIpc) is 3.63. The molecule has 0 amide bonds. The highest BCUT2D eigenvalue weighted by Gasteiger charge is 2.29. The lowest BCUT2D eigenvalue weighted by Crippen LogP contribution is -2.18. The summed E-state index contributed by atoms with van der Waals surface area (Å²) in [4.78, 5) is 32.0. The molecule has 2 fully saturated rings. The lowest BCUT2D eigenvalue weighted by molar-refractivity contribution is -0.109. The molecule has 2 atom stereocenters. The van der Waals surface area contributed by atoms with Crippen molar-refractivity contribution >= 4 is 23.6 Å². The van der Waals surface area contributed by atoms with Gasteiger partial charge in [-0.3, -0.25) is 4.68 Å². The van der Waals surface area contributed by atoms with E-state index in [1.165, 1.54) is 38.5 Å². The Morgan fingerprint density at radius 3 is 2.28 bits per heavy atom. The van der Waals surface area contributed by atoms with Crippen LogP contribution in [0.25, 0.3) is 22.3 Å². The lowest BCUT2D eigenvalue weighted by Gasteiger charge is -2.23. The van der Waals surface area contributed by atoms with E-state index in [4.69, 9.17) is 0 Å². The molecule has 2 unspecified atom stereocenters. The van der Waals surface area contributed by atoms with Crippen LogP contribution in [0.15, 0.2) is 31.0 Å². The third kappa shape index (κ3) is 3.89. The Labute approximate surface area is 188 Å². The first-order valence-corrected chi connectivity index (χ1v) is 12.0. The Balaban J connectivity index is 1.49. The van der Waals surface area contributed by atoms with Crippen LogP contribution in [0, 0.1) is 11.8 Å². The molecule has 7 nitrogen and oxygen atoms in total. The van der Waals surface area contributed by atoms with Crippen molar-refractivity contribution in [3.8, 4) is 11.3 Å². The summed E-state index contributed by atoms with van der Waals surface area (Å²) in [6, 6.07) is 2.33. The van der Waals surface area contributed by atoms with Gasteiger partial charge in [0.1, 0.15) is 24.5 Å². The number of rotatable bonds is 9. The van der Waals surface area contributed by atoms with E-state index < -0.39 is 0 Å². The van der Waals surface area contributed by atoms with Crippen LogP contribution in [0.1, 0.15) is 76.3 Å². The quantitative estimate of drug-likeness (QED) is 0.447. The van der Waals surface area contributed by atoms with E-state index in [-0.39, 0.29) is 12.1 Å². The minimum absolute atomic E-state index is 0.116. The largest absolute Gasteiger partial charge is 0.329 e. The monoisotopic (exact) mass is 433 g/mol. The second-order valence-electron chi connectivity index (χ2n) is 9.42. The first-order valence-electron chi connectivity index (χ1n) is 12.0. The third-order valence-electron chi connectivity index (χ3n) is 7.64. The van der Waals surface area contributed by atoms with Crippen LogP contribution in [0.3, 0.4) is 0 Å². The Hall–Kier alpha value is -2.83. The zero-order valence-electron chi connectivity index (χ0n) is 18.5. The second kappa shape index (κ2) is 9.35. The summed E-state index contributed by atoms with van der Waals surface area (Å²) in [6.45, 7) is 0. The van der Waals surface area contributed by atoms with Crippen molar-refractivity contribution in [2.75, 3.05) is 0 Å². The van der Waals surface area contributed by atoms with Crippen LogP contribution in [0.5, 0.6) is 0 Å². The van der Waals surface area contributed by atoms with Gasteiger partial charge in [-0.25, -0.2) is 9.97 Å². The van der Waals surface area contributed by atoms with Crippen molar-refractivity contribution in [3.05, 3.63) is 31.0 Å². The van der Waals surface area contributed by atoms with E-state index >= 15 is 0 Å². The first kappa shape index (κ1) is 21.0. The van der Waals surface area contributed by atoms with Gasteiger partial charge in [0.25, 0.3) is 0 Å². The van der Waals surface area contributed by atoms with E-state index in [1.54, 1.807) is 6.33 Å². The van der Waals surface area contributed by atoms with Gasteiger partial charge in [-0.15, -0.1) is 0 Å². The number of nitrogens with zero attached hydrogens (tertiary/aromatic N) is 5. The van der Waals surface area contributed by atoms with Crippen LogP contribution < -0.4 is 0 Å². The van der Waals surface area contributed by atoms with Crippen LogP contribution in [-0.4, -0.2) is 36.9 Å². The molecule has 0 radical (unpaired) electrons. The molecule has 0 spiro atoms. The predicted molar refractivity (Wildman–Crippen MR) is 122 cm³/mol. The standard InChI is InChI=1S/C25H31N5O2/c31-13-10-22(18-5-1-2-6-18)29-12-9-21-24(26-17-27-25(21)29)20-15-28-30(16-20)23(11-14-32)19-7-3-4-8-19/h9,12-19,22-23H,1-8,10-11H2. The van der Waals surface area contributed by atoms with Crippen LogP contribution >= 0.6 is 0 Å². The van der Waals surface area contributed by atoms with Gasteiger partial charge < -0.3 is 14.2 Å². The molecule has 0 bridgehead atoms. The molecule has 0 aromatic carbocycles. The summed E-state index contributed by atoms with van der Waals surface area (Å²) in [7, 11) is 0. The van der Waals surface area contributed by atoms with Crippen molar-refractivity contribution in [1.29, 1.82) is 0 Å². The van der Waals surface area contributed by atoms with E-state index in [0.29, 0.717) is 24.7 Å². The highest BCUT2D eigenvalue weighted by atomic mass is 16.1. The lowest BCUT2D eigenvalue weighted by atomic mass is 9.95. The molecule has 0 aliphatic heterocycles. The van der Waals surface area contributed by atoms with Gasteiger partial charge in [0, 0.05) is 42.2 Å². The highest BCUT2D eigenvalue weighted by Crippen LogP contribution is 2.39. The number of hydrogen-bond donors (Lipinski definition) is 0. The Kier molecular flexibility index (Phi) is 6.14. The summed E-state index contributed by atoms with van der Waals surface area (Å²) in [5.74, 6) is 1.03. The fraction of sp³-hybridized carbons (Fsp3) is 0.560. The van der Waals surface area contributed by atoms with Gasteiger partial charge in [-0.2, -0.15) is 5.10 Å². The van der Waals surface area contributed by atoms with E-state index in [2.05, 4.69) is 31.9 Å². The maximum Gasteiger partial charge on any atom is 0.144 e. The molecular weight excluding hydrogens is 402 g/mol. The third-order valence-corrected chi connectivity index (χ3v) is 7.64. The van der Waals surface area contributed by atoms with Crippen LogP contribution in [0.4, 0.5) is 0 Å². The fourth-order valence-corrected chi connectivity index (χ4v) is 6.04. The number of fused-ring (bicyclic) bond motifs is 1. The predicted octanol–water partition coefficient (Wildman–Crippen LogP) is 4.94. The normalized spacial score (nSPS) is 19.5. The Morgan fingerprint density at radius 2 is 1.59 bits per heavy atom. The zero-order chi connectivity index (χ0) is 21.9. The molecule has 2 aliphatic rings. The molecular formula is C25H31N5O2. The number of carbonyl (C=O) groups excluding carboxylic acids is 2. The number of carbonyl (C=O) groups is 2. The Morgan fingerprint density at radius 1 is 0.938 bits per heavy atom. The van der Waals surface area contributed by atoms with Crippen molar-refractivity contribution in [1.82, 2.24) is 24.3 Å². The van der Waals surface area contributed by atoms with Crippen molar-refractivity contribution in [2.24, 2.45) is 11.8 Å². The van der Waals surface area contributed by atoms with Crippen LogP contribution in [-0.2, 0) is 9.59 Å². The fourth-order valence-electron chi connectivity index (χ4n) is 6.04. The van der Waals surface area contributed by atoms with Gasteiger partial charge >= 0.3 is 0 Å².